The Labute approximate surface area is 119 Å². The highest BCUT2D eigenvalue weighted by Crippen LogP contribution is 2.25. The van der Waals surface area contributed by atoms with Crippen molar-refractivity contribution < 1.29 is 23.0 Å². The van der Waals surface area contributed by atoms with Crippen molar-refractivity contribution in [3.63, 3.8) is 0 Å². The Bertz CT molecular complexity index is 606. The van der Waals surface area contributed by atoms with Crippen LogP contribution in [0, 0.1) is 6.92 Å². The fourth-order valence-corrected chi connectivity index (χ4v) is 2.11. The van der Waals surface area contributed by atoms with Crippen LogP contribution in [0.3, 0.4) is 0 Å². The van der Waals surface area contributed by atoms with Crippen LogP contribution in [-0.2, 0) is 13.5 Å². The molecule has 1 aromatic heterocycles. The van der Waals surface area contributed by atoms with E-state index in [9.17, 15) is 18.3 Å². The van der Waals surface area contributed by atoms with E-state index in [1.807, 2.05) is 0 Å². The van der Waals surface area contributed by atoms with Crippen molar-refractivity contribution in [2.24, 2.45) is 7.05 Å². The Morgan fingerprint density at radius 2 is 1.90 bits per heavy atom. The van der Waals surface area contributed by atoms with Crippen LogP contribution in [0.25, 0.3) is 0 Å². The SMILES string of the molecule is Cc1nn(C)cc1C(O)Cc1ccc(OC(F)(F)F)cc1. The van der Waals surface area contributed by atoms with E-state index in [2.05, 4.69) is 9.84 Å². The van der Waals surface area contributed by atoms with Crippen LogP contribution in [0.15, 0.2) is 30.5 Å². The molecule has 0 saturated carbocycles. The minimum atomic E-state index is -4.70. The average Bonchev–Trinajstić information content (AvgIpc) is 2.69. The fourth-order valence-electron chi connectivity index (χ4n) is 2.11. The van der Waals surface area contributed by atoms with E-state index >= 15 is 0 Å². The molecule has 0 radical (unpaired) electrons. The topological polar surface area (TPSA) is 47.3 Å². The molecule has 0 amide bonds. The van der Waals surface area contributed by atoms with E-state index < -0.39 is 12.5 Å². The first kappa shape index (κ1) is 15.4. The summed E-state index contributed by atoms with van der Waals surface area (Å²) in [4.78, 5) is 0. The minimum absolute atomic E-state index is 0.279. The van der Waals surface area contributed by atoms with Gasteiger partial charge in [0.05, 0.1) is 11.8 Å². The number of hydrogen-bond acceptors (Lipinski definition) is 3. The van der Waals surface area contributed by atoms with Crippen molar-refractivity contribution in [1.82, 2.24) is 9.78 Å². The highest BCUT2D eigenvalue weighted by Gasteiger charge is 2.30. The molecule has 1 N–H and O–H groups in total. The number of ether oxygens (including phenoxy) is 1. The number of aryl methyl sites for hydroxylation is 2. The van der Waals surface area contributed by atoms with Gasteiger partial charge in [0.25, 0.3) is 0 Å². The number of nitrogens with zero attached hydrogens (tertiary/aromatic N) is 2. The number of aliphatic hydroxyl groups is 1. The van der Waals surface area contributed by atoms with Gasteiger partial charge in [0.2, 0.25) is 0 Å². The molecule has 4 nitrogen and oxygen atoms in total. The minimum Gasteiger partial charge on any atom is -0.406 e. The molecule has 0 bridgehead atoms. The summed E-state index contributed by atoms with van der Waals surface area (Å²) in [7, 11) is 1.76. The second-order valence-electron chi connectivity index (χ2n) is 4.76. The number of alkyl halides is 3. The van der Waals surface area contributed by atoms with Crippen LogP contribution >= 0.6 is 0 Å². The predicted molar refractivity (Wildman–Crippen MR) is 69.7 cm³/mol. The normalized spacial score (nSPS) is 13.2. The van der Waals surface area contributed by atoms with E-state index in [4.69, 9.17) is 0 Å². The highest BCUT2D eigenvalue weighted by atomic mass is 19.4. The molecule has 1 unspecified atom stereocenters. The Hall–Kier alpha value is -2.02. The van der Waals surface area contributed by atoms with E-state index in [1.165, 1.54) is 24.3 Å². The van der Waals surface area contributed by atoms with Crippen LogP contribution in [0.4, 0.5) is 13.2 Å². The maximum atomic E-state index is 12.0. The molecule has 0 aliphatic heterocycles. The lowest BCUT2D eigenvalue weighted by Gasteiger charge is -2.11. The molecule has 0 saturated heterocycles. The van der Waals surface area contributed by atoms with Gasteiger partial charge in [0.15, 0.2) is 0 Å². The Morgan fingerprint density at radius 1 is 1.29 bits per heavy atom. The number of hydrogen-bond donors (Lipinski definition) is 1. The molecule has 0 fully saturated rings. The van der Waals surface area contributed by atoms with Crippen LogP contribution in [-0.4, -0.2) is 21.2 Å². The smallest absolute Gasteiger partial charge is 0.406 e. The van der Waals surface area contributed by atoms with E-state index in [-0.39, 0.29) is 5.75 Å². The van der Waals surface area contributed by atoms with Gasteiger partial charge in [-0.2, -0.15) is 5.10 Å². The monoisotopic (exact) mass is 300 g/mol. The molecule has 21 heavy (non-hydrogen) atoms. The third kappa shape index (κ3) is 4.22. The largest absolute Gasteiger partial charge is 0.573 e. The number of benzene rings is 1. The molecule has 0 aliphatic carbocycles. The molecule has 2 rings (SSSR count). The molecular formula is C14H15F3N2O2. The first-order valence-corrected chi connectivity index (χ1v) is 6.27. The maximum Gasteiger partial charge on any atom is 0.573 e. The van der Waals surface area contributed by atoms with E-state index in [0.29, 0.717) is 17.5 Å². The van der Waals surface area contributed by atoms with Gasteiger partial charge in [-0.15, -0.1) is 13.2 Å². The summed E-state index contributed by atoms with van der Waals surface area (Å²) in [5.74, 6) is -0.279. The molecule has 1 heterocycles. The molecule has 1 atom stereocenters. The zero-order valence-electron chi connectivity index (χ0n) is 11.6. The van der Waals surface area contributed by atoms with Gasteiger partial charge >= 0.3 is 6.36 Å². The standard InChI is InChI=1S/C14H15F3N2O2/c1-9-12(8-19(2)18-9)13(20)7-10-3-5-11(6-4-10)21-14(15,16)17/h3-6,8,13,20H,7H2,1-2H3. The van der Waals surface area contributed by atoms with Crippen LogP contribution in [0.5, 0.6) is 5.75 Å². The summed E-state index contributed by atoms with van der Waals surface area (Å²) in [5, 5.41) is 14.3. The molecular weight excluding hydrogens is 285 g/mol. The highest BCUT2D eigenvalue weighted by molar-refractivity contribution is 5.29. The van der Waals surface area contributed by atoms with Crippen molar-refractivity contribution in [3.8, 4) is 5.75 Å². The van der Waals surface area contributed by atoms with Crippen molar-refractivity contribution in [2.75, 3.05) is 0 Å². The number of rotatable bonds is 4. The summed E-state index contributed by atoms with van der Waals surface area (Å²) < 4.78 is 41.5. The van der Waals surface area contributed by atoms with Crippen molar-refractivity contribution in [3.05, 3.63) is 47.3 Å². The lowest BCUT2D eigenvalue weighted by atomic mass is 10.0. The molecule has 114 valence electrons. The third-order valence-electron chi connectivity index (χ3n) is 3.00. The maximum absolute atomic E-state index is 12.0. The quantitative estimate of drug-likeness (QED) is 0.944. The third-order valence-corrected chi connectivity index (χ3v) is 3.00. The van der Waals surface area contributed by atoms with E-state index in [1.54, 1.807) is 24.9 Å². The van der Waals surface area contributed by atoms with Gasteiger partial charge in [-0.3, -0.25) is 4.68 Å². The predicted octanol–water partition coefficient (Wildman–Crippen LogP) is 2.90. The Morgan fingerprint density at radius 3 is 2.38 bits per heavy atom. The van der Waals surface area contributed by atoms with Crippen LogP contribution in [0.2, 0.25) is 0 Å². The van der Waals surface area contributed by atoms with Crippen molar-refractivity contribution in [1.29, 1.82) is 0 Å². The van der Waals surface area contributed by atoms with Gasteiger partial charge in [-0.1, -0.05) is 12.1 Å². The summed E-state index contributed by atoms with van der Waals surface area (Å²) in [6, 6.07) is 5.45. The number of halogens is 3. The van der Waals surface area contributed by atoms with Gasteiger partial charge < -0.3 is 9.84 Å². The second kappa shape index (κ2) is 5.77. The van der Waals surface area contributed by atoms with Crippen molar-refractivity contribution >= 4 is 0 Å². The molecule has 0 aliphatic rings. The zero-order valence-corrected chi connectivity index (χ0v) is 11.6. The number of aliphatic hydroxyl groups excluding tert-OH is 1. The van der Waals surface area contributed by atoms with Gasteiger partial charge in [-0.05, 0) is 24.6 Å². The number of aromatic nitrogens is 2. The lowest BCUT2D eigenvalue weighted by Crippen LogP contribution is -2.17. The lowest BCUT2D eigenvalue weighted by molar-refractivity contribution is -0.274. The molecule has 1 aromatic carbocycles. The second-order valence-corrected chi connectivity index (χ2v) is 4.76. The van der Waals surface area contributed by atoms with Crippen LogP contribution < -0.4 is 4.74 Å². The van der Waals surface area contributed by atoms with Crippen molar-refractivity contribution in [2.45, 2.75) is 25.8 Å². The summed E-state index contributed by atoms with van der Waals surface area (Å²) in [5.41, 5.74) is 2.13. The molecule has 0 spiro atoms. The summed E-state index contributed by atoms with van der Waals surface area (Å²) in [6.07, 6.45) is -3.44. The first-order chi connectivity index (χ1) is 9.74. The Kier molecular flexibility index (Phi) is 4.22. The van der Waals surface area contributed by atoms with Gasteiger partial charge in [-0.25, -0.2) is 0 Å². The summed E-state index contributed by atoms with van der Waals surface area (Å²) >= 11 is 0. The van der Waals surface area contributed by atoms with Gasteiger partial charge in [0, 0.05) is 25.2 Å². The molecule has 7 heteroatoms. The fraction of sp³-hybridized carbons (Fsp3) is 0.357. The van der Waals surface area contributed by atoms with E-state index in [0.717, 1.165) is 5.69 Å². The summed E-state index contributed by atoms with van der Waals surface area (Å²) in [6.45, 7) is 1.79. The Balaban J connectivity index is 2.05. The van der Waals surface area contributed by atoms with Gasteiger partial charge in [0.1, 0.15) is 5.75 Å². The van der Waals surface area contributed by atoms with Crippen LogP contribution in [0.1, 0.15) is 22.9 Å². The first-order valence-electron chi connectivity index (χ1n) is 6.27. The average molecular weight is 300 g/mol. The molecule has 2 aromatic rings. The zero-order chi connectivity index (χ0) is 15.6.